The molecule has 0 amide bonds. The van der Waals surface area contributed by atoms with Gasteiger partial charge in [0.1, 0.15) is 11.6 Å². The van der Waals surface area contributed by atoms with E-state index in [1.165, 1.54) is 12.8 Å². The van der Waals surface area contributed by atoms with E-state index >= 15 is 0 Å². The van der Waals surface area contributed by atoms with Gasteiger partial charge in [0, 0.05) is 37.4 Å². The molecule has 142 valence electrons. The van der Waals surface area contributed by atoms with Crippen molar-refractivity contribution >= 4 is 11.6 Å². The summed E-state index contributed by atoms with van der Waals surface area (Å²) < 4.78 is 0. The molecule has 1 aromatic heterocycles. The molecule has 0 radical (unpaired) electrons. The summed E-state index contributed by atoms with van der Waals surface area (Å²) in [7, 11) is 0. The molecule has 0 spiro atoms. The monoisotopic (exact) mass is 365 g/mol. The van der Waals surface area contributed by atoms with Gasteiger partial charge in [-0.3, -0.25) is 9.78 Å². The summed E-state index contributed by atoms with van der Waals surface area (Å²) >= 11 is 0. The van der Waals surface area contributed by atoms with Crippen LogP contribution in [0.5, 0.6) is 0 Å². The first kappa shape index (κ1) is 19.0. The van der Waals surface area contributed by atoms with E-state index in [0.717, 1.165) is 50.3 Å². The minimum atomic E-state index is -0.366. The zero-order valence-electron chi connectivity index (χ0n) is 16.2. The Morgan fingerprint density at radius 1 is 1.11 bits per heavy atom. The van der Waals surface area contributed by atoms with Crippen molar-refractivity contribution in [1.82, 2.24) is 9.97 Å². The van der Waals surface area contributed by atoms with E-state index in [0.29, 0.717) is 11.6 Å². The lowest BCUT2D eigenvalue weighted by Crippen LogP contribution is -2.29. The van der Waals surface area contributed by atoms with E-state index in [9.17, 15) is 10.1 Å². The van der Waals surface area contributed by atoms with Gasteiger partial charge in [0.25, 0.3) is 5.56 Å². The summed E-state index contributed by atoms with van der Waals surface area (Å²) in [6, 6.07) is 9.97. The number of anilines is 2. The fourth-order valence-corrected chi connectivity index (χ4v) is 3.63. The largest absolute Gasteiger partial charge is 0.372 e. The molecular weight excluding hydrogens is 338 g/mol. The maximum Gasteiger partial charge on any atom is 0.270 e. The smallest absolute Gasteiger partial charge is 0.270 e. The van der Waals surface area contributed by atoms with Crippen LogP contribution in [0, 0.1) is 11.3 Å². The van der Waals surface area contributed by atoms with Crippen molar-refractivity contribution in [2.24, 2.45) is 0 Å². The molecule has 3 rings (SSSR count). The SMILES string of the molecule is CCN(CC)c1ccc(-c2nc(N3CCCCCC3)[nH]c(=O)c2C#N)cc1. The van der Waals surface area contributed by atoms with Crippen LogP contribution in [0.15, 0.2) is 29.1 Å². The normalized spacial score (nSPS) is 14.5. The highest BCUT2D eigenvalue weighted by Gasteiger charge is 2.18. The molecule has 6 heteroatoms. The molecule has 1 fully saturated rings. The van der Waals surface area contributed by atoms with E-state index in [2.05, 4.69) is 33.6 Å². The third kappa shape index (κ3) is 4.13. The zero-order valence-corrected chi connectivity index (χ0v) is 16.2. The first-order valence-corrected chi connectivity index (χ1v) is 9.82. The molecule has 0 bridgehead atoms. The van der Waals surface area contributed by atoms with Crippen molar-refractivity contribution in [2.45, 2.75) is 39.5 Å². The minimum absolute atomic E-state index is 0.0733. The number of rotatable bonds is 5. The number of nitriles is 1. The Morgan fingerprint density at radius 2 is 1.74 bits per heavy atom. The molecule has 2 heterocycles. The third-order valence-corrected chi connectivity index (χ3v) is 5.19. The number of H-pyrrole nitrogens is 1. The van der Waals surface area contributed by atoms with Crippen molar-refractivity contribution in [1.29, 1.82) is 5.26 Å². The Balaban J connectivity index is 2.00. The quantitative estimate of drug-likeness (QED) is 0.877. The fraction of sp³-hybridized carbons (Fsp3) is 0.476. The van der Waals surface area contributed by atoms with Gasteiger partial charge in [0.05, 0.1) is 5.69 Å². The lowest BCUT2D eigenvalue weighted by molar-refractivity contribution is 0.726. The van der Waals surface area contributed by atoms with Crippen molar-refractivity contribution in [2.75, 3.05) is 36.0 Å². The van der Waals surface area contributed by atoms with Gasteiger partial charge in [-0.2, -0.15) is 5.26 Å². The van der Waals surface area contributed by atoms with Crippen molar-refractivity contribution in [3.8, 4) is 17.3 Å². The topological polar surface area (TPSA) is 76.0 Å². The standard InChI is InChI=1S/C21H27N5O/c1-3-25(4-2)17-11-9-16(10-12-17)19-18(15-22)20(27)24-21(23-19)26-13-7-5-6-8-14-26/h9-12H,3-8,13-14H2,1-2H3,(H,23,24,27). The Kier molecular flexibility index (Phi) is 6.12. The van der Waals surface area contributed by atoms with Crippen LogP contribution in [-0.4, -0.2) is 36.1 Å². The lowest BCUT2D eigenvalue weighted by atomic mass is 10.1. The average Bonchev–Trinajstić information content (AvgIpc) is 2.98. The predicted molar refractivity (Wildman–Crippen MR) is 109 cm³/mol. The van der Waals surface area contributed by atoms with Crippen LogP contribution in [-0.2, 0) is 0 Å². The second-order valence-electron chi connectivity index (χ2n) is 6.85. The molecule has 1 aromatic carbocycles. The van der Waals surface area contributed by atoms with Gasteiger partial charge >= 0.3 is 0 Å². The summed E-state index contributed by atoms with van der Waals surface area (Å²) in [5.74, 6) is 0.573. The van der Waals surface area contributed by atoms with Gasteiger partial charge in [-0.05, 0) is 38.8 Å². The molecular formula is C21H27N5O. The number of hydrogen-bond acceptors (Lipinski definition) is 5. The predicted octanol–water partition coefficient (Wildman–Crippen LogP) is 3.54. The third-order valence-electron chi connectivity index (χ3n) is 5.19. The van der Waals surface area contributed by atoms with E-state index in [1.54, 1.807) is 0 Å². The van der Waals surface area contributed by atoms with Crippen molar-refractivity contribution < 1.29 is 0 Å². The highest BCUT2D eigenvalue weighted by atomic mass is 16.1. The van der Waals surface area contributed by atoms with Gasteiger partial charge in [-0.25, -0.2) is 4.98 Å². The first-order chi connectivity index (χ1) is 13.2. The van der Waals surface area contributed by atoms with Crippen LogP contribution in [0.2, 0.25) is 0 Å². The highest BCUT2D eigenvalue weighted by Crippen LogP contribution is 2.25. The molecule has 0 aliphatic carbocycles. The second kappa shape index (κ2) is 8.72. The molecule has 0 saturated carbocycles. The molecule has 2 aromatic rings. The number of nitrogens with one attached hydrogen (secondary N) is 1. The van der Waals surface area contributed by atoms with Gasteiger partial charge in [0.15, 0.2) is 0 Å². The summed E-state index contributed by atoms with van der Waals surface area (Å²) in [6.45, 7) is 7.88. The fourth-order valence-electron chi connectivity index (χ4n) is 3.63. The number of benzene rings is 1. The lowest BCUT2D eigenvalue weighted by Gasteiger charge is -2.22. The number of aromatic nitrogens is 2. The highest BCUT2D eigenvalue weighted by molar-refractivity contribution is 5.69. The second-order valence-corrected chi connectivity index (χ2v) is 6.85. The van der Waals surface area contributed by atoms with E-state index < -0.39 is 0 Å². The Morgan fingerprint density at radius 3 is 2.30 bits per heavy atom. The van der Waals surface area contributed by atoms with Crippen LogP contribution >= 0.6 is 0 Å². The minimum Gasteiger partial charge on any atom is -0.372 e. The van der Waals surface area contributed by atoms with Crippen molar-refractivity contribution in [3.63, 3.8) is 0 Å². The van der Waals surface area contributed by atoms with Crippen LogP contribution < -0.4 is 15.4 Å². The Bertz CT molecular complexity index is 854. The molecule has 1 aliphatic heterocycles. The average molecular weight is 365 g/mol. The Hall–Kier alpha value is -2.81. The maximum absolute atomic E-state index is 12.5. The number of hydrogen-bond donors (Lipinski definition) is 1. The van der Waals surface area contributed by atoms with E-state index in [-0.39, 0.29) is 11.1 Å². The summed E-state index contributed by atoms with van der Waals surface area (Å²) in [4.78, 5) is 24.4. The van der Waals surface area contributed by atoms with Crippen LogP contribution in [0.1, 0.15) is 45.1 Å². The first-order valence-electron chi connectivity index (χ1n) is 9.82. The molecule has 1 aliphatic rings. The maximum atomic E-state index is 12.5. The van der Waals surface area contributed by atoms with Crippen LogP contribution in [0.3, 0.4) is 0 Å². The van der Waals surface area contributed by atoms with Crippen LogP contribution in [0.4, 0.5) is 11.6 Å². The number of nitrogens with zero attached hydrogens (tertiary/aromatic N) is 4. The van der Waals surface area contributed by atoms with Gasteiger partial charge in [-0.15, -0.1) is 0 Å². The molecule has 6 nitrogen and oxygen atoms in total. The molecule has 27 heavy (non-hydrogen) atoms. The van der Waals surface area contributed by atoms with Crippen LogP contribution in [0.25, 0.3) is 11.3 Å². The van der Waals surface area contributed by atoms with Gasteiger partial charge < -0.3 is 9.80 Å². The molecule has 1 saturated heterocycles. The summed E-state index contributed by atoms with van der Waals surface area (Å²) in [6.07, 6.45) is 4.60. The van der Waals surface area contributed by atoms with E-state index in [4.69, 9.17) is 0 Å². The molecule has 1 N–H and O–H groups in total. The number of aromatic amines is 1. The van der Waals surface area contributed by atoms with Crippen molar-refractivity contribution in [3.05, 3.63) is 40.2 Å². The molecule has 0 unspecified atom stereocenters. The van der Waals surface area contributed by atoms with Gasteiger partial charge in [0.2, 0.25) is 5.95 Å². The zero-order chi connectivity index (χ0) is 19.2. The van der Waals surface area contributed by atoms with E-state index in [1.807, 2.05) is 30.3 Å². The van der Waals surface area contributed by atoms with Gasteiger partial charge in [-0.1, -0.05) is 25.0 Å². The Labute approximate surface area is 160 Å². The summed E-state index contributed by atoms with van der Waals surface area (Å²) in [5, 5.41) is 9.49. The molecule has 0 atom stereocenters. The summed E-state index contributed by atoms with van der Waals surface area (Å²) in [5.41, 5.74) is 2.09.